The standard InChI is InChI=1S/C18H10B3ClF3NO5S/c19-16(9-1-3-11(4-2-9)18(23,24)25)14(27)13(15(26)30-16)31-32(28,29)17(20,21)10-5-7-12(22)8-6-10/h1-8H,26H2/t16-/m0/s1. The van der Waals surface area contributed by atoms with Crippen molar-refractivity contribution in [1.29, 1.82) is 0 Å². The molecule has 0 amide bonds. The molecule has 1 heterocycles. The van der Waals surface area contributed by atoms with Crippen molar-refractivity contribution in [2.45, 2.75) is 16.2 Å². The molecule has 0 unspecified atom stereocenters. The van der Waals surface area contributed by atoms with Crippen molar-refractivity contribution < 1.29 is 35.3 Å². The smallest absolute Gasteiger partial charge is 0.416 e. The first-order valence-electron chi connectivity index (χ1n) is 8.57. The van der Waals surface area contributed by atoms with E-state index < -0.39 is 49.3 Å². The lowest BCUT2D eigenvalue weighted by Gasteiger charge is -2.26. The number of alkyl halides is 3. The van der Waals surface area contributed by atoms with Gasteiger partial charge < -0.3 is 14.7 Å². The number of hydrogen-bond donors (Lipinski definition) is 1. The average Bonchev–Trinajstić information content (AvgIpc) is 2.91. The number of carbonyl (C=O) groups is 1. The van der Waals surface area contributed by atoms with E-state index in [1.165, 1.54) is 24.3 Å². The van der Waals surface area contributed by atoms with Crippen molar-refractivity contribution in [3.8, 4) is 0 Å². The Hall–Kier alpha value is -2.53. The van der Waals surface area contributed by atoms with Gasteiger partial charge in [-0.1, -0.05) is 35.9 Å². The molecule has 0 saturated carbocycles. The van der Waals surface area contributed by atoms with Crippen LogP contribution in [0, 0.1) is 0 Å². The van der Waals surface area contributed by atoms with Crippen LogP contribution in [-0.2, 0) is 40.1 Å². The Morgan fingerprint density at radius 2 is 1.50 bits per heavy atom. The lowest BCUT2D eigenvalue weighted by molar-refractivity contribution is -0.137. The van der Waals surface area contributed by atoms with Gasteiger partial charge in [-0.3, -0.25) is 4.79 Å². The number of ether oxygens (including phenoxy) is 1. The predicted octanol–water partition coefficient (Wildman–Crippen LogP) is 1.90. The lowest BCUT2D eigenvalue weighted by atomic mass is 9.65. The monoisotopic (exact) mass is 477 g/mol. The van der Waals surface area contributed by atoms with Crippen LogP contribution in [0.15, 0.2) is 60.2 Å². The first kappa shape index (κ1) is 24.1. The summed E-state index contributed by atoms with van der Waals surface area (Å²) in [6.07, 6.45) is -4.63. The summed E-state index contributed by atoms with van der Waals surface area (Å²) in [6, 6.07) is 8.20. The molecule has 0 spiro atoms. The van der Waals surface area contributed by atoms with E-state index in [4.69, 9.17) is 49.8 Å². The molecule has 0 fully saturated rings. The molecule has 0 aromatic heterocycles. The van der Waals surface area contributed by atoms with E-state index in [2.05, 4.69) is 0 Å². The second-order valence-corrected chi connectivity index (χ2v) is 8.96. The van der Waals surface area contributed by atoms with E-state index in [9.17, 15) is 26.4 Å². The third kappa shape index (κ3) is 4.11. The summed E-state index contributed by atoms with van der Waals surface area (Å²) in [4.78, 5) is 12.8. The first-order chi connectivity index (χ1) is 14.6. The summed E-state index contributed by atoms with van der Waals surface area (Å²) >= 11 is 5.75. The van der Waals surface area contributed by atoms with Gasteiger partial charge in [-0.25, -0.2) is 0 Å². The highest BCUT2D eigenvalue weighted by molar-refractivity contribution is 7.90. The summed E-state index contributed by atoms with van der Waals surface area (Å²) in [5.74, 6) is -3.13. The number of halogens is 4. The molecule has 14 heteroatoms. The zero-order valence-corrected chi connectivity index (χ0v) is 17.5. The van der Waals surface area contributed by atoms with Crippen LogP contribution in [0.25, 0.3) is 0 Å². The van der Waals surface area contributed by atoms with Gasteiger partial charge >= 0.3 is 16.3 Å². The van der Waals surface area contributed by atoms with Gasteiger partial charge in [0.25, 0.3) is 0 Å². The molecule has 1 aliphatic rings. The van der Waals surface area contributed by atoms with Crippen molar-refractivity contribution in [2.75, 3.05) is 0 Å². The zero-order chi connectivity index (χ0) is 24.1. The van der Waals surface area contributed by atoms with Gasteiger partial charge in [0.05, 0.1) is 25.8 Å². The highest BCUT2D eigenvalue weighted by Gasteiger charge is 2.50. The second kappa shape index (κ2) is 7.81. The summed E-state index contributed by atoms with van der Waals surface area (Å²) in [6.45, 7) is 0. The van der Waals surface area contributed by atoms with E-state index in [0.29, 0.717) is 12.1 Å². The molecule has 0 aliphatic carbocycles. The van der Waals surface area contributed by atoms with Crippen molar-refractivity contribution in [3.63, 3.8) is 0 Å². The molecule has 2 aromatic carbocycles. The van der Waals surface area contributed by atoms with Crippen LogP contribution in [0.2, 0.25) is 5.02 Å². The van der Waals surface area contributed by atoms with Crippen LogP contribution in [0.1, 0.15) is 16.7 Å². The average molecular weight is 477 g/mol. The number of hydrogen-bond acceptors (Lipinski definition) is 6. The van der Waals surface area contributed by atoms with Crippen LogP contribution < -0.4 is 5.73 Å². The minimum atomic E-state index is -4.96. The van der Waals surface area contributed by atoms with Crippen molar-refractivity contribution in [2.24, 2.45) is 5.73 Å². The number of benzene rings is 2. The van der Waals surface area contributed by atoms with Gasteiger partial charge in [-0.2, -0.15) is 21.6 Å². The minimum absolute atomic E-state index is 0.130. The van der Waals surface area contributed by atoms with Gasteiger partial charge in [0.1, 0.15) is 7.85 Å². The predicted molar refractivity (Wildman–Crippen MR) is 111 cm³/mol. The molecular formula is C18H10B3ClF3NO5S. The van der Waals surface area contributed by atoms with Crippen LogP contribution >= 0.6 is 11.6 Å². The van der Waals surface area contributed by atoms with Crippen molar-refractivity contribution in [1.82, 2.24) is 0 Å². The Morgan fingerprint density at radius 3 is 2.00 bits per heavy atom. The fourth-order valence-electron chi connectivity index (χ4n) is 2.76. The van der Waals surface area contributed by atoms with E-state index in [-0.39, 0.29) is 16.1 Å². The Labute approximate surface area is 190 Å². The van der Waals surface area contributed by atoms with Crippen LogP contribution in [-0.4, -0.2) is 37.7 Å². The Morgan fingerprint density at radius 1 is 1.00 bits per heavy atom. The van der Waals surface area contributed by atoms with E-state index in [1.54, 1.807) is 0 Å². The number of nitrogens with two attached hydrogens (primary N) is 1. The molecule has 0 bridgehead atoms. The molecule has 6 radical (unpaired) electrons. The third-order valence-corrected chi connectivity index (χ3v) is 6.28. The van der Waals surface area contributed by atoms with Crippen LogP contribution in [0.3, 0.4) is 0 Å². The maximum Gasteiger partial charge on any atom is 0.416 e. The SMILES string of the molecule is [B]C([B])(c1ccc(Cl)cc1)S(=O)(=O)OC1=C(N)O[C@@]([B])(c2ccc(C(F)(F)F)cc2)C1=O. The molecule has 6 nitrogen and oxygen atoms in total. The van der Waals surface area contributed by atoms with E-state index in [1.807, 2.05) is 0 Å². The second-order valence-electron chi connectivity index (χ2n) is 6.77. The Balaban J connectivity index is 1.90. The van der Waals surface area contributed by atoms with E-state index in [0.717, 1.165) is 12.1 Å². The summed E-state index contributed by atoms with van der Waals surface area (Å²) in [7, 11) is 12.4. The number of ketones is 1. The largest absolute Gasteiger partial charge is 0.467 e. The first-order valence-corrected chi connectivity index (χ1v) is 10.4. The molecule has 160 valence electrons. The molecule has 1 aliphatic heterocycles. The van der Waals surface area contributed by atoms with Gasteiger partial charge in [0, 0.05) is 5.02 Å². The molecule has 3 rings (SSSR count). The molecule has 0 saturated heterocycles. The van der Waals surface area contributed by atoms with E-state index >= 15 is 0 Å². The van der Waals surface area contributed by atoms with Gasteiger partial charge in [0.2, 0.25) is 17.4 Å². The van der Waals surface area contributed by atoms with Crippen LogP contribution in [0.5, 0.6) is 0 Å². The minimum Gasteiger partial charge on any atom is -0.467 e. The van der Waals surface area contributed by atoms with Gasteiger partial charge in [-0.15, -0.1) is 0 Å². The third-order valence-electron chi connectivity index (χ3n) is 4.58. The topological polar surface area (TPSA) is 95.7 Å². The summed E-state index contributed by atoms with van der Waals surface area (Å²) in [5.41, 5.74) is 1.77. The fraction of sp³-hybridized carbons (Fsp3) is 0.167. The highest BCUT2D eigenvalue weighted by Crippen LogP contribution is 2.39. The Bertz CT molecular complexity index is 1200. The van der Waals surface area contributed by atoms with Gasteiger partial charge in [-0.05, 0) is 35.4 Å². The molecule has 32 heavy (non-hydrogen) atoms. The summed E-state index contributed by atoms with van der Waals surface area (Å²) in [5, 5.41) is 0.277. The maximum absolute atomic E-state index is 12.8. The number of carbonyl (C=O) groups excluding carboxylic acids is 1. The zero-order valence-electron chi connectivity index (χ0n) is 15.9. The fourth-order valence-corrected chi connectivity index (χ4v) is 3.82. The molecular weight excluding hydrogens is 467 g/mol. The molecule has 1 atom stereocenters. The summed E-state index contributed by atoms with van der Waals surface area (Å²) < 4.78 is 71.0. The van der Waals surface area contributed by atoms with Crippen LogP contribution in [0.4, 0.5) is 13.2 Å². The lowest BCUT2D eigenvalue weighted by Crippen LogP contribution is -2.40. The number of Topliss-reactive ketones (excluding diaryl/α,β-unsaturated/α-hetero) is 1. The Kier molecular flexibility index (Phi) is 5.88. The molecule has 2 N–H and O–H groups in total. The highest BCUT2D eigenvalue weighted by atomic mass is 35.5. The van der Waals surface area contributed by atoms with Crippen molar-refractivity contribution in [3.05, 3.63) is 81.9 Å². The van der Waals surface area contributed by atoms with Gasteiger partial charge in [0.15, 0.2) is 5.50 Å². The normalized spacial score (nSPS) is 19.7. The quantitative estimate of drug-likeness (QED) is 0.523. The van der Waals surface area contributed by atoms with Crippen molar-refractivity contribution >= 4 is 51.0 Å². The molecule has 2 aromatic rings. The number of rotatable bonds is 5. The maximum atomic E-state index is 12.8.